The third-order valence-electron chi connectivity index (χ3n) is 1.91. The van der Waals surface area contributed by atoms with Crippen LogP contribution in [0.25, 0.3) is 0 Å². The van der Waals surface area contributed by atoms with E-state index < -0.39 is 0 Å². The summed E-state index contributed by atoms with van der Waals surface area (Å²) in [5, 5.41) is 7.85. The Morgan fingerprint density at radius 3 is 2.93 bits per heavy atom. The molecule has 15 heavy (non-hydrogen) atoms. The summed E-state index contributed by atoms with van der Waals surface area (Å²) >= 11 is 9.30. The molecule has 0 aromatic carbocycles. The Labute approximate surface area is 101 Å². The van der Waals surface area contributed by atoms with Gasteiger partial charge in [0.15, 0.2) is 0 Å². The van der Waals surface area contributed by atoms with E-state index in [4.69, 9.17) is 11.6 Å². The second kappa shape index (κ2) is 5.01. The SMILES string of the molecule is Cn1cnnc1CSCc1ccc(Cl)s1. The summed E-state index contributed by atoms with van der Waals surface area (Å²) in [5.41, 5.74) is 0. The highest BCUT2D eigenvalue weighted by molar-refractivity contribution is 7.97. The molecule has 2 aromatic rings. The summed E-state index contributed by atoms with van der Waals surface area (Å²) in [7, 11) is 1.96. The second-order valence-corrected chi connectivity index (χ2v) is 5.84. The summed E-state index contributed by atoms with van der Waals surface area (Å²) in [6, 6.07) is 4.00. The molecule has 0 aliphatic carbocycles. The first kappa shape index (κ1) is 11.0. The molecular weight excluding hydrogens is 250 g/mol. The molecular formula is C9H10ClN3S2. The fourth-order valence-electron chi connectivity index (χ4n) is 1.11. The first-order valence-electron chi connectivity index (χ1n) is 4.40. The number of rotatable bonds is 4. The van der Waals surface area contributed by atoms with Crippen LogP contribution in [-0.4, -0.2) is 14.8 Å². The van der Waals surface area contributed by atoms with Gasteiger partial charge in [-0.2, -0.15) is 0 Å². The normalized spacial score (nSPS) is 10.8. The van der Waals surface area contributed by atoms with Gasteiger partial charge >= 0.3 is 0 Å². The Balaban J connectivity index is 1.83. The predicted molar refractivity (Wildman–Crippen MR) is 65.3 cm³/mol. The van der Waals surface area contributed by atoms with Crippen LogP contribution in [-0.2, 0) is 18.6 Å². The predicted octanol–water partition coefficient (Wildman–Crippen LogP) is 2.96. The van der Waals surface area contributed by atoms with Crippen LogP contribution in [0.3, 0.4) is 0 Å². The van der Waals surface area contributed by atoms with Gasteiger partial charge in [0.25, 0.3) is 0 Å². The van der Waals surface area contributed by atoms with Gasteiger partial charge in [0.05, 0.1) is 10.1 Å². The molecule has 0 unspecified atom stereocenters. The second-order valence-electron chi connectivity index (χ2n) is 3.06. The number of thioether (sulfide) groups is 1. The maximum Gasteiger partial charge on any atom is 0.142 e. The molecule has 2 rings (SSSR count). The highest BCUT2D eigenvalue weighted by Crippen LogP contribution is 2.26. The molecule has 0 amide bonds. The number of hydrogen-bond donors (Lipinski definition) is 0. The zero-order valence-electron chi connectivity index (χ0n) is 8.18. The molecule has 0 bridgehead atoms. The third kappa shape index (κ3) is 2.96. The number of thiophene rings is 1. The Morgan fingerprint density at radius 2 is 2.33 bits per heavy atom. The van der Waals surface area contributed by atoms with Crippen molar-refractivity contribution < 1.29 is 0 Å². The van der Waals surface area contributed by atoms with Crippen molar-refractivity contribution in [3.05, 3.63) is 33.5 Å². The molecule has 0 spiro atoms. The van der Waals surface area contributed by atoms with Crippen molar-refractivity contribution in [3.8, 4) is 0 Å². The molecule has 6 heteroatoms. The van der Waals surface area contributed by atoms with Crippen LogP contribution >= 0.6 is 34.7 Å². The lowest BCUT2D eigenvalue weighted by molar-refractivity contribution is 0.849. The Kier molecular flexibility index (Phi) is 3.66. The fourth-order valence-corrected chi connectivity index (χ4v) is 3.32. The van der Waals surface area contributed by atoms with Crippen LogP contribution in [0.4, 0.5) is 0 Å². The summed E-state index contributed by atoms with van der Waals surface area (Å²) in [6.07, 6.45) is 1.72. The molecule has 0 atom stereocenters. The van der Waals surface area contributed by atoms with Crippen LogP contribution in [0.1, 0.15) is 10.7 Å². The Bertz CT molecular complexity index is 438. The highest BCUT2D eigenvalue weighted by atomic mass is 35.5. The van der Waals surface area contributed by atoms with Crippen molar-refractivity contribution in [1.29, 1.82) is 0 Å². The molecule has 0 aliphatic rings. The first-order valence-corrected chi connectivity index (χ1v) is 6.75. The molecule has 3 nitrogen and oxygen atoms in total. The van der Waals surface area contributed by atoms with E-state index in [1.807, 2.05) is 29.4 Å². The summed E-state index contributed by atoms with van der Waals surface area (Å²) in [4.78, 5) is 1.30. The topological polar surface area (TPSA) is 30.7 Å². The van der Waals surface area contributed by atoms with Crippen molar-refractivity contribution in [2.75, 3.05) is 0 Å². The molecule has 0 saturated carbocycles. The Morgan fingerprint density at radius 1 is 1.47 bits per heavy atom. The van der Waals surface area contributed by atoms with Crippen molar-refractivity contribution in [2.45, 2.75) is 11.5 Å². The molecule has 0 saturated heterocycles. The van der Waals surface area contributed by atoms with Crippen LogP contribution in [0, 0.1) is 0 Å². The van der Waals surface area contributed by atoms with E-state index in [-0.39, 0.29) is 0 Å². The van der Waals surface area contributed by atoms with Gasteiger partial charge in [-0.15, -0.1) is 33.3 Å². The van der Waals surface area contributed by atoms with Gasteiger partial charge in [-0.1, -0.05) is 11.6 Å². The smallest absolute Gasteiger partial charge is 0.142 e. The molecule has 0 aliphatic heterocycles. The minimum absolute atomic E-state index is 0.851. The van der Waals surface area contributed by atoms with E-state index in [1.54, 1.807) is 17.7 Å². The minimum Gasteiger partial charge on any atom is -0.320 e. The molecule has 0 fully saturated rings. The van der Waals surface area contributed by atoms with E-state index in [9.17, 15) is 0 Å². The average Bonchev–Trinajstić information content (AvgIpc) is 2.77. The number of nitrogens with zero attached hydrogens (tertiary/aromatic N) is 3. The lowest BCUT2D eigenvalue weighted by Crippen LogP contribution is -1.94. The third-order valence-corrected chi connectivity index (χ3v) is 4.30. The first-order chi connectivity index (χ1) is 7.25. The van der Waals surface area contributed by atoms with Crippen molar-refractivity contribution >= 4 is 34.7 Å². The van der Waals surface area contributed by atoms with Crippen LogP contribution in [0.5, 0.6) is 0 Å². The maximum atomic E-state index is 5.85. The molecule has 2 aromatic heterocycles. The van der Waals surface area contributed by atoms with Gasteiger partial charge in [0.1, 0.15) is 12.2 Å². The largest absolute Gasteiger partial charge is 0.320 e. The van der Waals surface area contributed by atoms with Gasteiger partial charge < -0.3 is 4.57 Å². The summed E-state index contributed by atoms with van der Waals surface area (Å²) < 4.78 is 2.79. The summed E-state index contributed by atoms with van der Waals surface area (Å²) in [5.74, 6) is 2.86. The van der Waals surface area contributed by atoms with E-state index in [1.165, 1.54) is 4.88 Å². The van der Waals surface area contributed by atoms with Gasteiger partial charge in [-0.25, -0.2) is 0 Å². The molecule has 0 radical (unpaired) electrons. The standard InChI is InChI=1S/C9H10ClN3S2/c1-13-6-11-12-9(13)5-14-4-7-2-3-8(10)15-7/h2-3,6H,4-5H2,1H3. The van der Waals surface area contributed by atoms with E-state index >= 15 is 0 Å². The zero-order chi connectivity index (χ0) is 10.7. The number of hydrogen-bond acceptors (Lipinski definition) is 4. The highest BCUT2D eigenvalue weighted by Gasteiger charge is 2.02. The van der Waals surface area contributed by atoms with Crippen LogP contribution in [0.2, 0.25) is 4.34 Å². The lowest BCUT2D eigenvalue weighted by Gasteiger charge is -1.98. The van der Waals surface area contributed by atoms with Gasteiger partial charge in [-0.05, 0) is 12.1 Å². The minimum atomic E-state index is 0.851. The fraction of sp³-hybridized carbons (Fsp3) is 0.333. The Hall–Kier alpha value is -0.520. The summed E-state index contributed by atoms with van der Waals surface area (Å²) in [6.45, 7) is 0. The zero-order valence-corrected chi connectivity index (χ0v) is 10.6. The van der Waals surface area contributed by atoms with E-state index in [0.29, 0.717) is 0 Å². The lowest BCUT2D eigenvalue weighted by atomic mass is 10.5. The average molecular weight is 260 g/mol. The molecule has 80 valence electrons. The number of halogens is 1. The maximum absolute atomic E-state index is 5.85. The van der Waals surface area contributed by atoms with Crippen LogP contribution in [0.15, 0.2) is 18.5 Å². The van der Waals surface area contributed by atoms with Crippen molar-refractivity contribution in [2.24, 2.45) is 7.05 Å². The van der Waals surface area contributed by atoms with Gasteiger partial charge in [0.2, 0.25) is 0 Å². The van der Waals surface area contributed by atoms with Crippen molar-refractivity contribution in [1.82, 2.24) is 14.8 Å². The number of aromatic nitrogens is 3. The quantitative estimate of drug-likeness (QED) is 0.846. The molecule has 2 heterocycles. The van der Waals surface area contributed by atoms with Crippen LogP contribution < -0.4 is 0 Å². The van der Waals surface area contributed by atoms with Gasteiger partial charge in [0, 0.05) is 17.7 Å². The monoisotopic (exact) mass is 259 g/mol. The number of aryl methyl sites for hydroxylation is 1. The van der Waals surface area contributed by atoms with E-state index in [2.05, 4.69) is 16.3 Å². The molecule has 0 N–H and O–H groups in total. The van der Waals surface area contributed by atoms with Gasteiger partial charge in [-0.3, -0.25) is 0 Å². The van der Waals surface area contributed by atoms with Crippen molar-refractivity contribution in [3.63, 3.8) is 0 Å². The van der Waals surface area contributed by atoms with E-state index in [0.717, 1.165) is 21.7 Å².